The molecule has 0 saturated carbocycles. The second kappa shape index (κ2) is 4.61. The van der Waals surface area contributed by atoms with Crippen LogP contribution in [-0.4, -0.2) is 16.6 Å². The normalized spacial score (nSPS) is 10.5. The third-order valence-electron chi connectivity index (χ3n) is 1.67. The summed E-state index contributed by atoms with van der Waals surface area (Å²) in [5, 5.41) is 0. The molecule has 1 rings (SSSR count). The highest BCUT2D eigenvalue weighted by molar-refractivity contribution is 9.10. The van der Waals surface area contributed by atoms with E-state index >= 15 is 0 Å². The molecule has 0 atom stereocenters. The van der Waals surface area contributed by atoms with Crippen molar-refractivity contribution >= 4 is 21.9 Å². The summed E-state index contributed by atoms with van der Waals surface area (Å²) in [7, 11) is 1.73. The molecule has 1 heterocycles. The molecule has 0 aliphatic heterocycles. The monoisotopic (exact) mass is 273 g/mol. The van der Waals surface area contributed by atoms with Gasteiger partial charge in [-0.1, -0.05) is 0 Å². The first-order valence-electron chi connectivity index (χ1n) is 4.48. The van der Waals surface area contributed by atoms with Crippen LogP contribution in [-0.2, 0) is 11.8 Å². The van der Waals surface area contributed by atoms with Gasteiger partial charge in [0.05, 0.1) is 10.6 Å². The zero-order valence-electron chi connectivity index (χ0n) is 8.78. The van der Waals surface area contributed by atoms with Crippen LogP contribution in [0.4, 0.5) is 0 Å². The number of hydrogen-bond acceptors (Lipinski definition) is 3. The Kier molecular flexibility index (Phi) is 3.68. The Morgan fingerprint density at radius 2 is 2.07 bits per heavy atom. The first kappa shape index (κ1) is 12.0. The molecule has 0 fully saturated rings. The molecule has 15 heavy (non-hydrogen) atoms. The number of esters is 1. The largest absolute Gasteiger partial charge is 0.459 e. The van der Waals surface area contributed by atoms with Gasteiger partial charge >= 0.3 is 5.97 Å². The summed E-state index contributed by atoms with van der Waals surface area (Å²) in [6.45, 7) is 3.47. The van der Waals surface area contributed by atoms with Crippen molar-refractivity contribution in [3.05, 3.63) is 32.7 Å². The van der Waals surface area contributed by atoms with Crippen molar-refractivity contribution < 1.29 is 9.53 Å². The SMILES string of the molecule is CC(C)OC(=O)c1cn(C)cc(Br)c1=O. The van der Waals surface area contributed by atoms with E-state index in [0.29, 0.717) is 4.47 Å². The highest BCUT2D eigenvalue weighted by Crippen LogP contribution is 2.06. The molecule has 0 aromatic carbocycles. The predicted octanol–water partition coefficient (Wildman–Crippen LogP) is 1.71. The van der Waals surface area contributed by atoms with Crippen LogP contribution in [0.15, 0.2) is 21.7 Å². The van der Waals surface area contributed by atoms with E-state index in [0.717, 1.165) is 0 Å². The first-order valence-corrected chi connectivity index (χ1v) is 5.28. The summed E-state index contributed by atoms with van der Waals surface area (Å²) in [6.07, 6.45) is 2.81. The summed E-state index contributed by atoms with van der Waals surface area (Å²) >= 11 is 3.09. The van der Waals surface area contributed by atoms with E-state index in [1.807, 2.05) is 0 Å². The number of hydrogen-bond donors (Lipinski definition) is 0. The van der Waals surface area contributed by atoms with Crippen molar-refractivity contribution in [1.29, 1.82) is 0 Å². The number of aromatic nitrogens is 1. The molecule has 1 aromatic rings. The van der Waals surface area contributed by atoms with Crippen LogP contribution < -0.4 is 5.43 Å². The van der Waals surface area contributed by atoms with Crippen molar-refractivity contribution in [2.45, 2.75) is 20.0 Å². The quantitative estimate of drug-likeness (QED) is 0.771. The molecule has 0 bridgehead atoms. The summed E-state index contributed by atoms with van der Waals surface area (Å²) in [6, 6.07) is 0. The smallest absolute Gasteiger partial charge is 0.343 e. The van der Waals surface area contributed by atoms with Gasteiger partial charge in [0.1, 0.15) is 5.56 Å². The van der Waals surface area contributed by atoms with Crippen LogP contribution in [0.25, 0.3) is 0 Å². The van der Waals surface area contributed by atoms with E-state index in [4.69, 9.17) is 4.74 Å². The standard InChI is InChI=1S/C10H12BrNO3/c1-6(2)15-10(14)7-4-12(3)5-8(11)9(7)13/h4-6H,1-3H3. The molecule has 5 heteroatoms. The summed E-state index contributed by atoms with van der Waals surface area (Å²) < 4.78 is 6.93. The molecule has 0 aliphatic carbocycles. The average molecular weight is 274 g/mol. The molecule has 0 spiro atoms. The molecule has 1 aromatic heterocycles. The van der Waals surface area contributed by atoms with Crippen LogP contribution in [0.3, 0.4) is 0 Å². The molecule has 4 nitrogen and oxygen atoms in total. The molecule has 0 unspecified atom stereocenters. The molecule has 0 amide bonds. The van der Waals surface area contributed by atoms with Gasteiger partial charge in [-0.2, -0.15) is 0 Å². The van der Waals surface area contributed by atoms with Gasteiger partial charge < -0.3 is 9.30 Å². The predicted molar refractivity (Wildman–Crippen MR) is 59.9 cm³/mol. The van der Waals surface area contributed by atoms with Crippen molar-refractivity contribution in [1.82, 2.24) is 4.57 Å². The molecular weight excluding hydrogens is 262 g/mol. The minimum absolute atomic E-state index is 0.0422. The average Bonchev–Trinajstić information content (AvgIpc) is 2.09. The minimum atomic E-state index is -0.591. The summed E-state index contributed by atoms with van der Waals surface area (Å²) in [4.78, 5) is 23.1. The van der Waals surface area contributed by atoms with Crippen molar-refractivity contribution in [3.8, 4) is 0 Å². The van der Waals surface area contributed by atoms with Gasteiger partial charge in [-0.3, -0.25) is 4.79 Å². The van der Waals surface area contributed by atoms with Crippen molar-refractivity contribution in [3.63, 3.8) is 0 Å². The van der Waals surface area contributed by atoms with E-state index in [9.17, 15) is 9.59 Å². The zero-order valence-corrected chi connectivity index (χ0v) is 10.4. The van der Waals surface area contributed by atoms with Gasteiger partial charge in [0.25, 0.3) is 0 Å². The Labute approximate surface area is 96.0 Å². The Hall–Kier alpha value is -1.10. The van der Waals surface area contributed by atoms with Crippen LogP contribution >= 0.6 is 15.9 Å². The number of rotatable bonds is 2. The highest BCUT2D eigenvalue weighted by Gasteiger charge is 2.15. The van der Waals surface area contributed by atoms with Crippen LogP contribution in [0, 0.1) is 0 Å². The molecule has 0 radical (unpaired) electrons. The van der Waals surface area contributed by atoms with E-state index in [1.165, 1.54) is 6.20 Å². The fourth-order valence-corrected chi connectivity index (χ4v) is 1.63. The topological polar surface area (TPSA) is 48.3 Å². The molecule has 82 valence electrons. The maximum absolute atomic E-state index is 11.6. The second-order valence-corrected chi connectivity index (χ2v) is 4.32. The molecule has 0 aliphatic rings. The Morgan fingerprint density at radius 3 is 2.60 bits per heavy atom. The van der Waals surface area contributed by atoms with Crippen LogP contribution in [0.5, 0.6) is 0 Å². The Morgan fingerprint density at radius 1 is 1.47 bits per heavy atom. The third-order valence-corrected chi connectivity index (χ3v) is 2.24. The fourth-order valence-electron chi connectivity index (χ4n) is 1.09. The Bertz CT molecular complexity index is 437. The van der Waals surface area contributed by atoms with Crippen molar-refractivity contribution in [2.75, 3.05) is 0 Å². The van der Waals surface area contributed by atoms with E-state index in [1.54, 1.807) is 31.7 Å². The lowest BCUT2D eigenvalue weighted by Gasteiger charge is -2.08. The van der Waals surface area contributed by atoms with E-state index in [2.05, 4.69) is 15.9 Å². The lowest BCUT2D eigenvalue weighted by atomic mass is 10.3. The Balaban J connectivity index is 3.14. The van der Waals surface area contributed by atoms with Crippen molar-refractivity contribution in [2.24, 2.45) is 7.05 Å². The zero-order chi connectivity index (χ0) is 11.6. The molecular formula is C10H12BrNO3. The molecule has 0 N–H and O–H groups in total. The van der Waals surface area contributed by atoms with E-state index < -0.39 is 5.97 Å². The number of carbonyl (C=O) groups is 1. The fraction of sp³-hybridized carbons (Fsp3) is 0.400. The number of nitrogens with zero attached hydrogens (tertiary/aromatic N) is 1. The highest BCUT2D eigenvalue weighted by atomic mass is 79.9. The number of aryl methyl sites for hydroxylation is 1. The van der Waals surface area contributed by atoms with Gasteiger partial charge in [-0.05, 0) is 29.8 Å². The second-order valence-electron chi connectivity index (χ2n) is 3.47. The lowest BCUT2D eigenvalue weighted by molar-refractivity contribution is 0.0375. The molecule has 0 saturated heterocycles. The van der Waals surface area contributed by atoms with Crippen LogP contribution in [0.1, 0.15) is 24.2 Å². The lowest BCUT2D eigenvalue weighted by Crippen LogP contribution is -2.22. The number of carbonyl (C=O) groups excluding carboxylic acids is 1. The van der Waals surface area contributed by atoms with Gasteiger partial charge in [-0.25, -0.2) is 4.79 Å². The number of halogens is 1. The third kappa shape index (κ3) is 2.92. The maximum atomic E-state index is 11.6. The summed E-state index contributed by atoms with van der Waals surface area (Å²) in [5.41, 5.74) is -0.306. The van der Waals surface area contributed by atoms with Gasteiger partial charge in [0.2, 0.25) is 5.43 Å². The first-order chi connectivity index (χ1) is 6.91. The number of pyridine rings is 1. The number of ether oxygens (including phenoxy) is 1. The van der Waals surface area contributed by atoms with Gasteiger partial charge in [0.15, 0.2) is 0 Å². The van der Waals surface area contributed by atoms with Gasteiger partial charge in [-0.15, -0.1) is 0 Å². The minimum Gasteiger partial charge on any atom is -0.459 e. The van der Waals surface area contributed by atoms with Gasteiger partial charge in [0, 0.05) is 19.4 Å². The van der Waals surface area contributed by atoms with E-state index in [-0.39, 0.29) is 17.1 Å². The maximum Gasteiger partial charge on any atom is 0.343 e. The van der Waals surface area contributed by atoms with Crippen LogP contribution in [0.2, 0.25) is 0 Å². The summed E-state index contributed by atoms with van der Waals surface area (Å²) in [5.74, 6) is -0.591.